The van der Waals surface area contributed by atoms with E-state index in [4.69, 9.17) is 0 Å². The van der Waals surface area contributed by atoms with Crippen LogP contribution >= 0.6 is 0 Å². The molecule has 0 aliphatic rings. The summed E-state index contributed by atoms with van der Waals surface area (Å²) >= 11 is 0. The van der Waals surface area contributed by atoms with E-state index in [9.17, 15) is 9.90 Å². The van der Waals surface area contributed by atoms with Crippen LogP contribution in [0.1, 0.15) is 32.1 Å². The van der Waals surface area contributed by atoms with Crippen LogP contribution in [0.2, 0.25) is 0 Å². The number of fused-ring (bicyclic) bond motifs is 1. The van der Waals surface area contributed by atoms with E-state index in [1.807, 2.05) is 57.9 Å². The molecule has 3 rings (SSSR count). The second-order valence-corrected chi connectivity index (χ2v) is 6.89. The quantitative estimate of drug-likeness (QED) is 0.653. The lowest BCUT2D eigenvalue weighted by Crippen LogP contribution is -2.35. The van der Waals surface area contributed by atoms with Crippen LogP contribution in [-0.4, -0.2) is 31.7 Å². The summed E-state index contributed by atoms with van der Waals surface area (Å²) in [5.41, 5.74) is 1.82. The largest absolute Gasteiger partial charge is 0.388 e. The van der Waals surface area contributed by atoms with Crippen molar-refractivity contribution in [3.05, 3.63) is 54.6 Å². The Balaban J connectivity index is 1.68. The van der Waals surface area contributed by atoms with E-state index in [1.54, 1.807) is 0 Å². The van der Waals surface area contributed by atoms with Crippen molar-refractivity contribution in [1.82, 2.24) is 19.4 Å². The summed E-state index contributed by atoms with van der Waals surface area (Å²) in [5.74, 6) is 1.06. The summed E-state index contributed by atoms with van der Waals surface area (Å²) < 4.78 is 3.92. The van der Waals surface area contributed by atoms with E-state index < -0.39 is 0 Å². The molecule has 1 aromatic carbocycles. The number of amides is 1. The van der Waals surface area contributed by atoms with Gasteiger partial charge >= 0.3 is 0 Å². The van der Waals surface area contributed by atoms with Crippen molar-refractivity contribution >= 4 is 16.9 Å². The molecule has 0 aliphatic heterocycles. The topological polar surface area (TPSA) is 72.1 Å². The number of rotatable bonds is 8. The summed E-state index contributed by atoms with van der Waals surface area (Å²) in [5, 5.41) is 12.6. The lowest BCUT2D eigenvalue weighted by molar-refractivity contribution is -0.124. The summed E-state index contributed by atoms with van der Waals surface area (Å²) in [4.78, 5) is 17.2. The second-order valence-electron chi connectivity index (χ2n) is 6.89. The Hall–Kier alpha value is -2.60. The van der Waals surface area contributed by atoms with Gasteiger partial charge in [0.25, 0.3) is 0 Å². The number of hydrogen-bond acceptors (Lipinski definition) is 3. The van der Waals surface area contributed by atoms with Gasteiger partial charge < -0.3 is 19.6 Å². The van der Waals surface area contributed by atoms with E-state index in [-0.39, 0.29) is 18.6 Å². The fourth-order valence-electron chi connectivity index (χ4n) is 3.27. The highest BCUT2D eigenvalue weighted by Gasteiger charge is 2.20. The fraction of sp³-hybridized carbons (Fsp3) is 0.400. The van der Waals surface area contributed by atoms with Gasteiger partial charge in [0.2, 0.25) is 5.91 Å². The molecule has 138 valence electrons. The molecule has 1 unspecified atom stereocenters. The van der Waals surface area contributed by atoms with Crippen molar-refractivity contribution < 1.29 is 9.90 Å². The smallest absolute Gasteiger partial charge is 0.243 e. The van der Waals surface area contributed by atoms with Crippen molar-refractivity contribution in [3.63, 3.8) is 0 Å². The zero-order valence-electron chi connectivity index (χ0n) is 15.3. The predicted octanol–water partition coefficient (Wildman–Crippen LogP) is 2.73. The first-order chi connectivity index (χ1) is 12.6. The minimum Gasteiger partial charge on any atom is -0.388 e. The number of aliphatic hydroxyl groups excluding tert-OH is 1. The number of nitrogens with one attached hydrogen (secondary N) is 1. The van der Waals surface area contributed by atoms with Gasteiger partial charge in [0.1, 0.15) is 18.5 Å². The van der Waals surface area contributed by atoms with Crippen LogP contribution in [-0.2, 0) is 17.9 Å². The third kappa shape index (κ3) is 3.96. The van der Waals surface area contributed by atoms with Crippen molar-refractivity contribution in [3.8, 4) is 0 Å². The van der Waals surface area contributed by atoms with Crippen LogP contribution in [0.25, 0.3) is 11.0 Å². The molecule has 0 spiro atoms. The Morgan fingerprint density at radius 3 is 2.62 bits per heavy atom. The summed E-state index contributed by atoms with van der Waals surface area (Å²) in [6.07, 6.45) is 4.65. The average molecular weight is 354 g/mol. The SMILES string of the molecule is CC(C)CC(C(=O)NCCn1c(CO)nc2ccccc21)n1cccc1. The first-order valence-electron chi connectivity index (χ1n) is 9.05. The monoisotopic (exact) mass is 354 g/mol. The van der Waals surface area contributed by atoms with Gasteiger partial charge in [0.15, 0.2) is 0 Å². The Morgan fingerprint density at radius 2 is 1.92 bits per heavy atom. The number of benzene rings is 1. The van der Waals surface area contributed by atoms with Crippen LogP contribution in [0.4, 0.5) is 0 Å². The molecule has 0 bridgehead atoms. The summed E-state index contributed by atoms with van der Waals surface area (Å²) in [7, 11) is 0. The number of imidazole rings is 1. The normalized spacial score (nSPS) is 12.6. The average Bonchev–Trinajstić information content (AvgIpc) is 3.27. The molecule has 0 saturated carbocycles. The van der Waals surface area contributed by atoms with Gasteiger partial charge in [-0.05, 0) is 36.6 Å². The van der Waals surface area contributed by atoms with Gasteiger partial charge in [-0.25, -0.2) is 4.98 Å². The first-order valence-corrected chi connectivity index (χ1v) is 9.05. The number of nitrogens with zero attached hydrogens (tertiary/aromatic N) is 3. The molecular weight excluding hydrogens is 328 g/mol. The molecule has 2 N–H and O–H groups in total. The highest BCUT2D eigenvalue weighted by Crippen LogP contribution is 2.19. The van der Waals surface area contributed by atoms with Gasteiger partial charge in [-0.2, -0.15) is 0 Å². The third-order valence-electron chi connectivity index (χ3n) is 4.49. The molecule has 1 atom stereocenters. The maximum Gasteiger partial charge on any atom is 0.243 e. The molecular formula is C20H26N4O2. The molecule has 0 fully saturated rings. The molecule has 0 saturated heterocycles. The highest BCUT2D eigenvalue weighted by atomic mass is 16.3. The number of para-hydroxylation sites is 2. The van der Waals surface area contributed by atoms with Gasteiger partial charge in [0.05, 0.1) is 11.0 Å². The Bertz CT molecular complexity index is 852. The van der Waals surface area contributed by atoms with Gasteiger partial charge in [-0.3, -0.25) is 4.79 Å². The number of carbonyl (C=O) groups is 1. The van der Waals surface area contributed by atoms with Crippen molar-refractivity contribution in [2.24, 2.45) is 5.92 Å². The van der Waals surface area contributed by atoms with Crippen molar-refractivity contribution in [2.45, 2.75) is 39.5 Å². The lowest BCUT2D eigenvalue weighted by Gasteiger charge is -2.20. The second kappa shape index (κ2) is 8.19. The maximum atomic E-state index is 12.7. The van der Waals surface area contributed by atoms with Crippen molar-refractivity contribution in [2.75, 3.05) is 6.54 Å². The number of aliphatic hydroxyl groups is 1. The zero-order valence-corrected chi connectivity index (χ0v) is 15.3. The lowest BCUT2D eigenvalue weighted by atomic mass is 10.0. The fourth-order valence-corrected chi connectivity index (χ4v) is 3.27. The summed E-state index contributed by atoms with van der Waals surface area (Å²) in [6.45, 7) is 5.18. The third-order valence-corrected chi connectivity index (χ3v) is 4.49. The summed E-state index contributed by atoms with van der Waals surface area (Å²) in [6, 6.07) is 11.4. The molecule has 6 heteroatoms. The molecule has 6 nitrogen and oxygen atoms in total. The Labute approximate surface area is 153 Å². The van der Waals surface area contributed by atoms with Gasteiger partial charge in [0, 0.05) is 25.5 Å². The van der Waals surface area contributed by atoms with Crippen molar-refractivity contribution in [1.29, 1.82) is 0 Å². The van der Waals surface area contributed by atoms with E-state index >= 15 is 0 Å². The molecule has 0 radical (unpaired) electrons. The zero-order chi connectivity index (χ0) is 18.5. The van der Waals surface area contributed by atoms with E-state index in [0.29, 0.717) is 24.8 Å². The molecule has 2 aromatic heterocycles. The standard InChI is InChI=1S/C20H26N4O2/c1-15(2)13-18(23-10-5-6-11-23)20(26)21-9-12-24-17-8-4-3-7-16(17)22-19(24)14-25/h3-8,10-11,15,18,25H,9,12-14H2,1-2H3,(H,21,26). The number of aromatic nitrogens is 3. The van der Waals surface area contributed by atoms with E-state index in [2.05, 4.69) is 24.1 Å². The first kappa shape index (κ1) is 18.2. The van der Waals surface area contributed by atoms with Crippen LogP contribution in [0.5, 0.6) is 0 Å². The van der Waals surface area contributed by atoms with E-state index in [1.165, 1.54) is 0 Å². The van der Waals surface area contributed by atoms with Crippen LogP contribution in [0, 0.1) is 5.92 Å². The van der Waals surface area contributed by atoms with Crippen LogP contribution in [0.15, 0.2) is 48.8 Å². The van der Waals surface area contributed by atoms with Crippen LogP contribution in [0.3, 0.4) is 0 Å². The molecule has 3 aromatic rings. The minimum atomic E-state index is -0.207. The van der Waals surface area contributed by atoms with Gasteiger partial charge in [-0.15, -0.1) is 0 Å². The number of carbonyl (C=O) groups excluding carboxylic acids is 1. The minimum absolute atomic E-state index is 0.0184. The molecule has 0 aliphatic carbocycles. The Kier molecular flexibility index (Phi) is 5.73. The van der Waals surface area contributed by atoms with Crippen LogP contribution < -0.4 is 5.32 Å². The predicted molar refractivity (Wildman–Crippen MR) is 102 cm³/mol. The molecule has 1 amide bonds. The molecule has 2 heterocycles. The maximum absolute atomic E-state index is 12.7. The van der Waals surface area contributed by atoms with E-state index in [0.717, 1.165) is 17.5 Å². The Morgan fingerprint density at radius 1 is 1.19 bits per heavy atom. The molecule has 26 heavy (non-hydrogen) atoms. The highest BCUT2D eigenvalue weighted by molar-refractivity contribution is 5.80. The number of hydrogen-bond donors (Lipinski definition) is 2. The van der Waals surface area contributed by atoms with Gasteiger partial charge in [-0.1, -0.05) is 26.0 Å².